The van der Waals surface area contributed by atoms with Crippen LogP contribution in [0.3, 0.4) is 0 Å². The molecule has 1 heterocycles. The van der Waals surface area contributed by atoms with Crippen molar-refractivity contribution in [2.24, 2.45) is 11.1 Å². The minimum atomic E-state index is 0. The van der Waals surface area contributed by atoms with Crippen LogP contribution >= 0.6 is 28.3 Å². The molecular formula is C13H20BrClN2. The molecule has 0 aromatic heterocycles. The maximum absolute atomic E-state index is 5.82. The minimum Gasteiger partial charge on any atom is -0.330 e. The third kappa shape index (κ3) is 3.68. The zero-order valence-corrected chi connectivity index (χ0v) is 12.6. The standard InChI is InChI=1S/C13H19BrN2.ClH/c1-13(9-15)6-7-16(10-13)8-11-4-2-3-5-12(11)14;/h2-5H,6-10,15H2,1H3;1H. The summed E-state index contributed by atoms with van der Waals surface area (Å²) >= 11 is 3.60. The quantitative estimate of drug-likeness (QED) is 0.928. The molecule has 0 amide bonds. The molecule has 0 saturated carbocycles. The van der Waals surface area contributed by atoms with Crippen molar-refractivity contribution in [2.45, 2.75) is 19.9 Å². The van der Waals surface area contributed by atoms with Gasteiger partial charge in [0.05, 0.1) is 0 Å². The summed E-state index contributed by atoms with van der Waals surface area (Å²) in [6.07, 6.45) is 1.22. The van der Waals surface area contributed by atoms with Gasteiger partial charge in [-0.1, -0.05) is 41.1 Å². The molecule has 1 unspecified atom stereocenters. The smallest absolute Gasteiger partial charge is 0.0245 e. The van der Waals surface area contributed by atoms with Crippen molar-refractivity contribution in [3.8, 4) is 0 Å². The predicted molar refractivity (Wildman–Crippen MR) is 78.4 cm³/mol. The van der Waals surface area contributed by atoms with E-state index in [1.54, 1.807) is 0 Å². The number of hydrogen-bond acceptors (Lipinski definition) is 2. The molecule has 1 saturated heterocycles. The average molecular weight is 320 g/mol. The summed E-state index contributed by atoms with van der Waals surface area (Å²) in [6, 6.07) is 8.44. The lowest BCUT2D eigenvalue weighted by Crippen LogP contribution is -2.31. The number of benzene rings is 1. The first-order valence-corrected chi connectivity index (χ1v) is 6.58. The number of hydrogen-bond donors (Lipinski definition) is 1. The second-order valence-electron chi connectivity index (χ2n) is 5.07. The van der Waals surface area contributed by atoms with Crippen LogP contribution in [0.15, 0.2) is 28.7 Å². The number of nitrogens with zero attached hydrogens (tertiary/aromatic N) is 1. The largest absolute Gasteiger partial charge is 0.330 e. The fourth-order valence-corrected chi connectivity index (χ4v) is 2.71. The lowest BCUT2D eigenvalue weighted by Gasteiger charge is -2.22. The zero-order chi connectivity index (χ0) is 11.6. The van der Waals surface area contributed by atoms with Crippen LogP contribution in [0, 0.1) is 5.41 Å². The van der Waals surface area contributed by atoms with Gasteiger partial charge in [0, 0.05) is 17.6 Å². The highest BCUT2D eigenvalue weighted by Crippen LogP contribution is 2.30. The molecular weight excluding hydrogens is 300 g/mol. The second-order valence-corrected chi connectivity index (χ2v) is 5.92. The third-order valence-electron chi connectivity index (χ3n) is 3.48. The summed E-state index contributed by atoms with van der Waals surface area (Å²) in [7, 11) is 0. The molecule has 1 fully saturated rings. The summed E-state index contributed by atoms with van der Waals surface area (Å²) in [5.41, 5.74) is 7.50. The van der Waals surface area contributed by atoms with E-state index in [1.165, 1.54) is 16.5 Å². The fraction of sp³-hybridized carbons (Fsp3) is 0.538. The molecule has 0 spiro atoms. The van der Waals surface area contributed by atoms with Gasteiger partial charge < -0.3 is 5.73 Å². The number of halogens is 2. The van der Waals surface area contributed by atoms with Gasteiger partial charge in [-0.25, -0.2) is 0 Å². The van der Waals surface area contributed by atoms with Gasteiger partial charge in [-0.3, -0.25) is 4.90 Å². The Morgan fingerprint density at radius 3 is 2.71 bits per heavy atom. The SMILES string of the molecule is CC1(CN)CCN(Cc2ccccc2Br)C1.Cl. The normalized spacial score (nSPS) is 24.6. The summed E-state index contributed by atoms with van der Waals surface area (Å²) < 4.78 is 1.20. The Morgan fingerprint density at radius 2 is 2.12 bits per heavy atom. The summed E-state index contributed by atoms with van der Waals surface area (Å²) in [6.45, 7) is 6.38. The first kappa shape index (κ1) is 15.0. The van der Waals surface area contributed by atoms with Crippen molar-refractivity contribution in [1.29, 1.82) is 0 Å². The summed E-state index contributed by atoms with van der Waals surface area (Å²) in [4.78, 5) is 2.49. The van der Waals surface area contributed by atoms with Crippen LogP contribution in [-0.4, -0.2) is 24.5 Å². The van der Waals surface area contributed by atoms with Crippen molar-refractivity contribution in [3.63, 3.8) is 0 Å². The Kier molecular flexibility index (Phi) is 5.45. The average Bonchev–Trinajstić information content (AvgIpc) is 2.65. The zero-order valence-electron chi connectivity index (χ0n) is 10.2. The molecule has 0 aliphatic carbocycles. The molecule has 1 aliphatic heterocycles. The van der Waals surface area contributed by atoms with Gasteiger partial charge >= 0.3 is 0 Å². The molecule has 0 bridgehead atoms. The van der Waals surface area contributed by atoms with E-state index in [4.69, 9.17) is 5.73 Å². The number of rotatable bonds is 3. The van der Waals surface area contributed by atoms with Crippen molar-refractivity contribution >= 4 is 28.3 Å². The molecule has 96 valence electrons. The maximum Gasteiger partial charge on any atom is 0.0245 e. The summed E-state index contributed by atoms with van der Waals surface area (Å²) in [5.74, 6) is 0. The van der Waals surface area contributed by atoms with Crippen molar-refractivity contribution in [3.05, 3.63) is 34.3 Å². The predicted octanol–water partition coefficient (Wildman–Crippen LogP) is 3.04. The lowest BCUT2D eigenvalue weighted by atomic mass is 9.90. The Labute approximate surface area is 118 Å². The highest BCUT2D eigenvalue weighted by atomic mass is 79.9. The molecule has 2 nitrogen and oxygen atoms in total. The molecule has 17 heavy (non-hydrogen) atoms. The Bertz CT molecular complexity index is 372. The molecule has 0 radical (unpaired) electrons. The van der Waals surface area contributed by atoms with E-state index in [2.05, 4.69) is 52.0 Å². The van der Waals surface area contributed by atoms with Crippen LogP contribution in [0.25, 0.3) is 0 Å². The van der Waals surface area contributed by atoms with E-state index in [0.29, 0.717) is 5.41 Å². The summed E-state index contributed by atoms with van der Waals surface area (Å²) in [5, 5.41) is 0. The Hall–Kier alpha value is -0.0900. The highest BCUT2D eigenvalue weighted by molar-refractivity contribution is 9.10. The fourth-order valence-electron chi connectivity index (χ4n) is 2.30. The Balaban J connectivity index is 0.00000144. The van der Waals surface area contributed by atoms with Gasteiger partial charge in [0.25, 0.3) is 0 Å². The first-order valence-electron chi connectivity index (χ1n) is 5.79. The van der Waals surface area contributed by atoms with Crippen molar-refractivity contribution in [2.75, 3.05) is 19.6 Å². The molecule has 2 rings (SSSR count). The van der Waals surface area contributed by atoms with E-state index in [-0.39, 0.29) is 12.4 Å². The van der Waals surface area contributed by atoms with Gasteiger partial charge in [0.2, 0.25) is 0 Å². The van der Waals surface area contributed by atoms with Gasteiger partial charge in [0.15, 0.2) is 0 Å². The minimum absolute atomic E-state index is 0. The molecule has 2 N–H and O–H groups in total. The lowest BCUT2D eigenvalue weighted by molar-refractivity contribution is 0.274. The van der Waals surface area contributed by atoms with Gasteiger partial charge in [-0.05, 0) is 36.6 Å². The van der Waals surface area contributed by atoms with Gasteiger partial charge in [0.1, 0.15) is 0 Å². The number of likely N-dealkylation sites (tertiary alicyclic amines) is 1. The van der Waals surface area contributed by atoms with E-state index >= 15 is 0 Å². The third-order valence-corrected chi connectivity index (χ3v) is 4.26. The maximum atomic E-state index is 5.82. The van der Waals surface area contributed by atoms with Gasteiger partial charge in [-0.15, -0.1) is 12.4 Å². The first-order chi connectivity index (χ1) is 7.63. The highest BCUT2D eigenvalue weighted by Gasteiger charge is 2.32. The van der Waals surface area contributed by atoms with E-state index in [9.17, 15) is 0 Å². The van der Waals surface area contributed by atoms with E-state index < -0.39 is 0 Å². The Morgan fingerprint density at radius 1 is 1.41 bits per heavy atom. The van der Waals surface area contributed by atoms with Crippen LogP contribution in [0.5, 0.6) is 0 Å². The van der Waals surface area contributed by atoms with Crippen LogP contribution < -0.4 is 5.73 Å². The molecule has 1 atom stereocenters. The second kappa shape index (κ2) is 6.19. The molecule has 1 aliphatic rings. The van der Waals surface area contributed by atoms with Crippen LogP contribution in [-0.2, 0) is 6.54 Å². The van der Waals surface area contributed by atoms with E-state index in [0.717, 1.165) is 26.2 Å². The van der Waals surface area contributed by atoms with Gasteiger partial charge in [-0.2, -0.15) is 0 Å². The van der Waals surface area contributed by atoms with Crippen molar-refractivity contribution in [1.82, 2.24) is 4.90 Å². The number of nitrogens with two attached hydrogens (primary N) is 1. The monoisotopic (exact) mass is 318 g/mol. The van der Waals surface area contributed by atoms with Crippen molar-refractivity contribution < 1.29 is 0 Å². The van der Waals surface area contributed by atoms with Crippen LogP contribution in [0.4, 0.5) is 0 Å². The topological polar surface area (TPSA) is 29.3 Å². The van der Waals surface area contributed by atoms with E-state index in [1.807, 2.05) is 0 Å². The van der Waals surface area contributed by atoms with Crippen LogP contribution in [0.2, 0.25) is 0 Å². The molecule has 4 heteroatoms. The molecule has 1 aromatic carbocycles. The molecule has 1 aromatic rings. The van der Waals surface area contributed by atoms with Crippen LogP contribution in [0.1, 0.15) is 18.9 Å².